The van der Waals surface area contributed by atoms with E-state index in [1.165, 1.54) is 0 Å². The summed E-state index contributed by atoms with van der Waals surface area (Å²) in [5.41, 5.74) is -3.63. The van der Waals surface area contributed by atoms with Crippen molar-refractivity contribution in [3.8, 4) is 0 Å². The average Bonchev–Trinajstić information content (AvgIpc) is 2.41. The number of hydrogen-bond acceptors (Lipinski definition) is 5. The zero-order valence-corrected chi connectivity index (χ0v) is 11.5. The van der Waals surface area contributed by atoms with Gasteiger partial charge in [0.05, 0.1) is 31.8 Å². The van der Waals surface area contributed by atoms with Crippen molar-refractivity contribution in [2.45, 2.75) is 43.6 Å². The van der Waals surface area contributed by atoms with E-state index < -0.39 is 52.3 Å². The predicted octanol–water partition coefficient (Wildman–Crippen LogP) is 2.50. The van der Waals surface area contributed by atoms with E-state index in [0.29, 0.717) is 0 Å². The molecule has 0 aliphatic heterocycles. The third-order valence-electron chi connectivity index (χ3n) is 2.85. The van der Waals surface area contributed by atoms with Gasteiger partial charge in [-0.05, 0) is 0 Å². The van der Waals surface area contributed by atoms with Crippen LogP contribution in [0.2, 0.25) is 0 Å². The van der Waals surface area contributed by atoms with Gasteiger partial charge in [-0.25, -0.2) is 0 Å². The summed E-state index contributed by atoms with van der Waals surface area (Å²) in [6, 6.07) is -6.48. The van der Waals surface area contributed by atoms with Crippen LogP contribution >= 0.6 is 0 Å². The Bertz CT molecular complexity index is 507. The van der Waals surface area contributed by atoms with Crippen molar-refractivity contribution < 1.29 is 49.9 Å². The fourth-order valence-electron chi connectivity index (χ4n) is 1.31. The minimum Gasteiger partial charge on any atom is -0.469 e. The van der Waals surface area contributed by atoms with E-state index in [1.54, 1.807) is 0 Å². The maximum atomic E-state index is 13.3. The number of esters is 1. The number of nitroso groups, excluding NO2 is 1. The Labute approximate surface area is 123 Å². The van der Waals surface area contributed by atoms with Gasteiger partial charge < -0.3 is 4.74 Å². The molecule has 0 aromatic rings. The van der Waals surface area contributed by atoms with Gasteiger partial charge in [-0.2, -0.15) is 22.0 Å². The molecule has 0 saturated heterocycles. The summed E-state index contributed by atoms with van der Waals surface area (Å²) in [5, 5.41) is 10.7. The van der Waals surface area contributed by atoms with E-state index in [2.05, 4.69) is 4.74 Å². The maximum absolute atomic E-state index is 13.3. The first kappa shape index (κ1) is 21.0. The Morgan fingerprint density at radius 1 is 1.09 bits per heavy atom. The Kier molecular flexibility index (Phi) is 5.69. The number of carbonyl (C=O) groups is 1. The van der Waals surface area contributed by atoms with Crippen molar-refractivity contribution in [3.05, 3.63) is 15.0 Å². The molecule has 0 spiro atoms. The molecule has 14 heteroatoms. The maximum Gasteiger partial charge on any atom is 0.582 e. The number of alkyl halides is 7. The van der Waals surface area contributed by atoms with Gasteiger partial charge in [0.15, 0.2) is 0 Å². The zero-order chi connectivity index (χ0) is 18.9. The highest BCUT2D eigenvalue weighted by atomic mass is 19.4. The van der Waals surface area contributed by atoms with Gasteiger partial charge in [0, 0.05) is 4.91 Å². The van der Waals surface area contributed by atoms with Crippen molar-refractivity contribution in [1.82, 2.24) is 0 Å². The summed E-state index contributed by atoms with van der Waals surface area (Å²) in [7, 11) is 0.799. The summed E-state index contributed by atoms with van der Waals surface area (Å²) in [5.74, 6) is -8.08. The molecular formula is C9H10F7N2O5+. The number of nitro groups is 1. The van der Waals surface area contributed by atoms with Crippen LogP contribution in [0.15, 0.2) is 0 Å². The summed E-state index contributed by atoms with van der Waals surface area (Å²) >= 11 is 0. The molecule has 0 aromatic carbocycles. The predicted molar refractivity (Wildman–Crippen MR) is 56.2 cm³/mol. The van der Waals surface area contributed by atoms with Gasteiger partial charge in [0.2, 0.25) is 0 Å². The van der Waals surface area contributed by atoms with Crippen LogP contribution in [0, 0.1) is 15.0 Å². The highest BCUT2D eigenvalue weighted by Crippen LogP contribution is 2.48. The van der Waals surface area contributed by atoms with E-state index in [1.807, 2.05) is 0 Å². The summed E-state index contributed by atoms with van der Waals surface area (Å²) in [4.78, 5) is 31.1. The minimum atomic E-state index is -6.86. The van der Waals surface area contributed by atoms with Gasteiger partial charge in [-0.3, -0.25) is 14.9 Å². The van der Waals surface area contributed by atoms with E-state index >= 15 is 0 Å². The van der Waals surface area contributed by atoms with Crippen LogP contribution in [-0.4, -0.2) is 46.6 Å². The molecule has 0 bridgehead atoms. The molecule has 0 aromatic heterocycles. The molecule has 0 N–H and O–H groups in total. The van der Waals surface area contributed by atoms with Gasteiger partial charge in [-0.1, -0.05) is 0 Å². The second kappa shape index (κ2) is 6.23. The monoisotopic (exact) mass is 359 g/mol. The Morgan fingerprint density at radius 3 is 1.83 bits per heavy atom. The third-order valence-corrected chi connectivity index (χ3v) is 2.85. The fourth-order valence-corrected chi connectivity index (χ4v) is 1.31. The van der Waals surface area contributed by atoms with E-state index in [9.17, 15) is 50.5 Å². The second-order valence-electron chi connectivity index (χ2n) is 4.46. The Hall–Kier alpha value is -2.02. The molecule has 0 amide bonds. The van der Waals surface area contributed by atoms with Crippen LogP contribution in [-0.2, 0) is 9.53 Å². The van der Waals surface area contributed by atoms with Crippen molar-refractivity contribution in [2.24, 2.45) is 0 Å². The van der Waals surface area contributed by atoms with Crippen LogP contribution in [0.4, 0.5) is 30.7 Å². The van der Waals surface area contributed by atoms with Gasteiger partial charge >= 0.3 is 29.8 Å². The lowest BCUT2D eigenvalue weighted by molar-refractivity contribution is -0.890. The lowest BCUT2D eigenvalue weighted by Gasteiger charge is -2.24. The molecule has 0 heterocycles. The van der Waals surface area contributed by atoms with Crippen LogP contribution < -0.4 is 0 Å². The number of rotatable bonds is 7. The quantitative estimate of drug-likeness (QED) is 0.133. The number of halogens is 7. The molecule has 0 radical (unpaired) electrons. The van der Waals surface area contributed by atoms with Crippen LogP contribution in [0.25, 0.3) is 0 Å². The molecule has 0 aliphatic rings. The second-order valence-corrected chi connectivity index (χ2v) is 4.46. The topological polar surface area (TPSA) is 89.5 Å². The first-order valence-electron chi connectivity index (χ1n) is 5.57. The number of nitrogens with zero attached hydrogens (tertiary/aromatic N) is 2. The van der Waals surface area contributed by atoms with E-state index in [-0.39, 0.29) is 6.92 Å². The molecule has 1 unspecified atom stereocenters. The van der Waals surface area contributed by atoms with Crippen LogP contribution in [0.3, 0.4) is 0 Å². The number of methoxy groups -OCH3 is 1. The highest BCUT2D eigenvalue weighted by Gasteiger charge is 2.86. The van der Waals surface area contributed by atoms with Crippen molar-refractivity contribution >= 4 is 5.97 Å². The number of hydrogen-bond donors (Lipinski definition) is 0. The normalized spacial score (nSPS) is 15.7. The number of ether oxygens (including phenoxy) is 1. The average molecular weight is 359 g/mol. The molecule has 0 aliphatic carbocycles. The molecule has 23 heavy (non-hydrogen) atoms. The Balaban J connectivity index is 5.80. The summed E-state index contributed by atoms with van der Waals surface area (Å²) < 4.78 is 89.9. The van der Waals surface area contributed by atoms with Crippen molar-refractivity contribution in [1.29, 1.82) is 0 Å². The molecule has 1 atom stereocenters. The highest BCUT2D eigenvalue weighted by molar-refractivity contribution is 5.69. The summed E-state index contributed by atoms with van der Waals surface area (Å²) in [6.07, 6.45) is -9.26. The molecule has 0 saturated carbocycles. The molecule has 134 valence electrons. The number of carbonyl (C=O) groups excluding carboxylic acids is 1. The zero-order valence-electron chi connectivity index (χ0n) is 11.5. The standard InChI is InChI=1S/C9H10F7N2O5/c1-6(18(21)22,4-3-5(19)23-2)17(20)9(15,16)7(10,11)8(12,13)14/h3-4H2,1-2H3/q+1. The third kappa shape index (κ3) is 3.67. The minimum absolute atomic E-state index is 0.0866. The van der Waals surface area contributed by atoms with Gasteiger partial charge in [0.1, 0.15) is 4.76 Å². The molecule has 7 nitrogen and oxygen atoms in total. The van der Waals surface area contributed by atoms with Crippen molar-refractivity contribution in [2.75, 3.05) is 7.11 Å². The molecular weight excluding hydrogens is 349 g/mol. The van der Waals surface area contributed by atoms with Gasteiger partial charge in [-0.15, -0.1) is 8.78 Å². The van der Waals surface area contributed by atoms with Crippen LogP contribution in [0.5, 0.6) is 0 Å². The van der Waals surface area contributed by atoms with E-state index in [0.717, 1.165) is 7.11 Å². The summed E-state index contributed by atoms with van der Waals surface area (Å²) in [6.45, 7) is 0.0866. The lowest BCUT2D eigenvalue weighted by atomic mass is 10.1. The first-order valence-corrected chi connectivity index (χ1v) is 5.57. The SMILES string of the molecule is COC(=O)CCC(C)([N+](=O)[O-])[N+](=O)C(F)(F)C(F)(F)C(F)(F)F. The van der Waals surface area contributed by atoms with E-state index in [4.69, 9.17) is 0 Å². The largest absolute Gasteiger partial charge is 0.582 e. The van der Waals surface area contributed by atoms with Crippen LogP contribution in [0.1, 0.15) is 19.8 Å². The van der Waals surface area contributed by atoms with Crippen molar-refractivity contribution in [3.63, 3.8) is 0 Å². The first-order chi connectivity index (χ1) is 10.1. The molecule has 0 fully saturated rings. The lowest BCUT2D eigenvalue weighted by Crippen LogP contribution is -2.63. The smallest absolute Gasteiger partial charge is 0.469 e. The fraction of sp³-hybridized carbons (Fsp3) is 0.889. The molecule has 0 rings (SSSR count). The van der Waals surface area contributed by atoms with Gasteiger partial charge in [0.25, 0.3) is 0 Å². The Morgan fingerprint density at radius 2 is 1.52 bits per heavy atom.